The summed E-state index contributed by atoms with van der Waals surface area (Å²) in [6.07, 6.45) is 1.48. The summed E-state index contributed by atoms with van der Waals surface area (Å²) >= 11 is 0. The minimum atomic E-state index is -1.03. The number of rotatable bonds is 10. The fourth-order valence-corrected chi connectivity index (χ4v) is 5.38. The molecule has 0 saturated carbocycles. The van der Waals surface area contributed by atoms with Gasteiger partial charge in [-0.1, -0.05) is 54.6 Å². The van der Waals surface area contributed by atoms with E-state index in [9.17, 15) is 14.4 Å². The van der Waals surface area contributed by atoms with Gasteiger partial charge in [0.05, 0.1) is 19.8 Å². The molecule has 2 N–H and O–H groups in total. The quantitative estimate of drug-likeness (QED) is 0.268. The maximum absolute atomic E-state index is 12.9. The van der Waals surface area contributed by atoms with Gasteiger partial charge in [-0.3, -0.25) is 4.79 Å². The maximum Gasteiger partial charge on any atom is 0.407 e. The van der Waals surface area contributed by atoms with E-state index in [-0.39, 0.29) is 30.3 Å². The van der Waals surface area contributed by atoms with Gasteiger partial charge in [-0.15, -0.1) is 0 Å². The molecule has 2 atom stereocenters. The summed E-state index contributed by atoms with van der Waals surface area (Å²) in [4.78, 5) is 43.6. The molecule has 5 rings (SSSR count). The fraction of sp³-hybridized carbons (Fsp3) is 0.344. The largest absolute Gasteiger partial charge is 0.496 e. The van der Waals surface area contributed by atoms with E-state index in [0.717, 1.165) is 35.1 Å². The van der Waals surface area contributed by atoms with Crippen molar-refractivity contribution in [2.75, 3.05) is 27.4 Å². The fourth-order valence-electron chi connectivity index (χ4n) is 5.38. The van der Waals surface area contributed by atoms with Crippen LogP contribution in [0.5, 0.6) is 5.75 Å². The van der Waals surface area contributed by atoms with Crippen LogP contribution >= 0.6 is 0 Å². The second kappa shape index (κ2) is 13.5. The van der Waals surface area contributed by atoms with E-state index in [2.05, 4.69) is 22.9 Å². The van der Waals surface area contributed by atoms with Crippen molar-refractivity contribution in [3.63, 3.8) is 0 Å². The van der Waals surface area contributed by atoms with Crippen LogP contribution in [0.4, 0.5) is 4.79 Å². The number of hydroxylamine groups is 1. The predicted octanol–water partition coefficient (Wildman–Crippen LogP) is 4.51. The molecule has 220 valence electrons. The zero-order valence-corrected chi connectivity index (χ0v) is 23.6. The van der Waals surface area contributed by atoms with Crippen molar-refractivity contribution < 1.29 is 38.2 Å². The lowest BCUT2D eigenvalue weighted by atomic mass is 9.98. The second-order valence-electron chi connectivity index (χ2n) is 10.1. The van der Waals surface area contributed by atoms with E-state index < -0.39 is 30.3 Å². The van der Waals surface area contributed by atoms with Crippen molar-refractivity contribution >= 4 is 18.0 Å². The summed E-state index contributed by atoms with van der Waals surface area (Å²) in [5.74, 6) is -0.960. The number of hydrogen-bond donors (Lipinski definition) is 2. The number of nitrogens with one attached hydrogen (secondary N) is 2. The number of esters is 1. The minimum Gasteiger partial charge on any atom is -0.496 e. The third-order valence-corrected chi connectivity index (χ3v) is 7.49. The number of ether oxygens (including phenoxy) is 4. The Bertz CT molecular complexity index is 1390. The SMILES string of the molecule is COC(=O)C(Cc1ccc(C(=O)NOC2CCCCO2)c(OC)c1)NC(=O)OCC1c2ccccc2-c2ccccc21. The first kappa shape index (κ1) is 29.1. The Kier molecular flexibility index (Phi) is 9.35. The first-order valence-corrected chi connectivity index (χ1v) is 13.9. The molecule has 3 aromatic rings. The van der Waals surface area contributed by atoms with Gasteiger partial charge in [0.1, 0.15) is 18.4 Å². The van der Waals surface area contributed by atoms with Crippen LogP contribution in [0.3, 0.4) is 0 Å². The molecule has 1 aliphatic heterocycles. The van der Waals surface area contributed by atoms with Crippen molar-refractivity contribution in [1.82, 2.24) is 10.8 Å². The normalized spacial score (nSPS) is 16.5. The zero-order chi connectivity index (χ0) is 29.5. The van der Waals surface area contributed by atoms with Gasteiger partial charge >= 0.3 is 12.1 Å². The summed E-state index contributed by atoms with van der Waals surface area (Å²) in [6.45, 7) is 0.698. The van der Waals surface area contributed by atoms with Gasteiger partial charge in [-0.25, -0.2) is 19.9 Å². The summed E-state index contributed by atoms with van der Waals surface area (Å²) < 4.78 is 21.4. The average Bonchev–Trinajstić information content (AvgIpc) is 3.35. The summed E-state index contributed by atoms with van der Waals surface area (Å²) in [5, 5.41) is 2.63. The molecule has 1 saturated heterocycles. The first-order valence-electron chi connectivity index (χ1n) is 13.9. The average molecular weight is 575 g/mol. The highest BCUT2D eigenvalue weighted by Gasteiger charge is 2.30. The summed E-state index contributed by atoms with van der Waals surface area (Å²) in [7, 11) is 2.69. The smallest absolute Gasteiger partial charge is 0.407 e. The molecule has 2 amide bonds. The van der Waals surface area contributed by atoms with Crippen LogP contribution in [0.25, 0.3) is 11.1 Å². The molecule has 1 aliphatic carbocycles. The van der Waals surface area contributed by atoms with Crippen LogP contribution in [0, 0.1) is 0 Å². The van der Waals surface area contributed by atoms with Gasteiger partial charge in [0.15, 0.2) is 6.29 Å². The third kappa shape index (κ3) is 6.56. The highest BCUT2D eigenvalue weighted by molar-refractivity contribution is 5.96. The van der Waals surface area contributed by atoms with Gasteiger partial charge in [-0.05, 0) is 52.8 Å². The molecule has 0 radical (unpaired) electrons. The van der Waals surface area contributed by atoms with Crippen molar-refractivity contribution in [3.8, 4) is 16.9 Å². The number of fused-ring (bicyclic) bond motifs is 3. The molecular weight excluding hydrogens is 540 g/mol. The van der Waals surface area contributed by atoms with E-state index in [1.807, 2.05) is 36.4 Å². The molecule has 1 heterocycles. The summed E-state index contributed by atoms with van der Waals surface area (Å²) in [6, 6.07) is 19.9. The lowest BCUT2D eigenvalue weighted by Crippen LogP contribution is -2.43. The molecule has 42 heavy (non-hydrogen) atoms. The van der Waals surface area contributed by atoms with E-state index >= 15 is 0 Å². The van der Waals surface area contributed by atoms with Gasteiger partial charge in [0.25, 0.3) is 5.91 Å². The number of methoxy groups -OCH3 is 2. The number of amides is 2. The first-order chi connectivity index (χ1) is 20.5. The lowest BCUT2D eigenvalue weighted by molar-refractivity contribution is -0.186. The monoisotopic (exact) mass is 574 g/mol. The van der Waals surface area contributed by atoms with Crippen LogP contribution in [0.1, 0.15) is 52.2 Å². The molecule has 3 aromatic carbocycles. The standard InChI is InChI=1S/C32H34N2O8/c1-38-28-18-20(14-15-25(28)30(35)34-42-29-13-7-8-16-40-29)17-27(31(36)39-2)33-32(37)41-19-26-23-11-5-3-9-21(23)22-10-4-6-12-24(22)26/h3-6,9-12,14-15,18,26-27,29H,7-8,13,16-17,19H2,1-2H3,(H,33,37)(H,34,35). The molecule has 2 aliphatic rings. The lowest BCUT2D eigenvalue weighted by Gasteiger charge is -2.22. The Morgan fingerprint density at radius 1 is 0.952 bits per heavy atom. The minimum absolute atomic E-state index is 0.0849. The maximum atomic E-state index is 12.9. The molecule has 2 unspecified atom stereocenters. The Labute approximate surface area is 244 Å². The number of alkyl carbamates (subject to hydrolysis) is 1. The van der Waals surface area contributed by atoms with Gasteiger partial charge in [-0.2, -0.15) is 0 Å². The van der Waals surface area contributed by atoms with Crippen LogP contribution in [0.15, 0.2) is 66.7 Å². The summed E-state index contributed by atoms with van der Waals surface area (Å²) in [5.41, 5.74) is 7.71. The van der Waals surface area contributed by atoms with Gasteiger partial charge in [0, 0.05) is 25.4 Å². The van der Waals surface area contributed by atoms with Crippen molar-refractivity contribution in [2.45, 2.75) is 43.9 Å². The zero-order valence-electron chi connectivity index (χ0n) is 23.6. The van der Waals surface area contributed by atoms with Crippen molar-refractivity contribution in [2.24, 2.45) is 0 Å². The predicted molar refractivity (Wildman–Crippen MR) is 153 cm³/mol. The Morgan fingerprint density at radius 2 is 1.67 bits per heavy atom. The molecule has 0 aromatic heterocycles. The van der Waals surface area contributed by atoms with Crippen molar-refractivity contribution in [1.29, 1.82) is 0 Å². The molecule has 10 nitrogen and oxygen atoms in total. The Balaban J connectivity index is 1.21. The third-order valence-electron chi connectivity index (χ3n) is 7.49. The van der Waals surface area contributed by atoms with Gasteiger partial charge in [0.2, 0.25) is 0 Å². The molecule has 1 fully saturated rings. The van der Waals surface area contributed by atoms with Crippen LogP contribution in [-0.2, 0) is 30.3 Å². The van der Waals surface area contributed by atoms with Gasteiger partial charge < -0.3 is 24.3 Å². The van der Waals surface area contributed by atoms with Crippen LogP contribution < -0.4 is 15.5 Å². The molecule has 0 spiro atoms. The van der Waals surface area contributed by atoms with Crippen LogP contribution in [-0.4, -0.2) is 57.7 Å². The topological polar surface area (TPSA) is 121 Å². The van der Waals surface area contributed by atoms with Crippen LogP contribution in [0.2, 0.25) is 0 Å². The Hall–Kier alpha value is -4.41. The highest BCUT2D eigenvalue weighted by atomic mass is 16.8. The number of benzene rings is 3. The Morgan fingerprint density at radius 3 is 2.31 bits per heavy atom. The van der Waals surface area contributed by atoms with E-state index in [4.69, 9.17) is 23.8 Å². The molecular formula is C32H34N2O8. The number of hydrogen-bond acceptors (Lipinski definition) is 8. The number of carbonyl (C=O) groups is 3. The highest BCUT2D eigenvalue weighted by Crippen LogP contribution is 2.44. The second-order valence-corrected chi connectivity index (χ2v) is 10.1. The van der Waals surface area contributed by atoms with E-state index in [0.29, 0.717) is 18.6 Å². The molecule has 10 heteroatoms. The van der Waals surface area contributed by atoms with E-state index in [1.165, 1.54) is 14.2 Å². The van der Waals surface area contributed by atoms with Crippen molar-refractivity contribution in [3.05, 3.63) is 89.0 Å². The van der Waals surface area contributed by atoms with E-state index in [1.54, 1.807) is 18.2 Å². The molecule has 0 bridgehead atoms. The number of carbonyl (C=O) groups excluding carboxylic acids is 3.